The lowest BCUT2D eigenvalue weighted by Gasteiger charge is -2.00. The number of hydrogen-bond donors (Lipinski definition) is 3. The lowest BCUT2D eigenvalue weighted by Crippen LogP contribution is -2.10. The van der Waals surface area contributed by atoms with E-state index in [1.54, 1.807) is 0 Å². The smallest absolute Gasteiger partial charge is 0.239 e. The van der Waals surface area contributed by atoms with E-state index in [1.165, 1.54) is 0 Å². The quantitative estimate of drug-likeness (QED) is 0.531. The number of nitrogens with one attached hydrogen (secondary N) is 1. The molecule has 0 saturated heterocycles. The molecule has 0 unspecified atom stereocenters. The average Bonchev–Trinajstić information content (AvgIpc) is 2.34. The Labute approximate surface area is 58.8 Å². The first-order valence-corrected chi connectivity index (χ1v) is 3.17. The van der Waals surface area contributed by atoms with Gasteiger partial charge in [0.05, 0.1) is 6.04 Å². The first-order valence-electron chi connectivity index (χ1n) is 3.17. The molecule has 0 aliphatic rings. The lowest BCUT2D eigenvalue weighted by molar-refractivity contribution is 0.652. The highest BCUT2D eigenvalue weighted by Crippen LogP contribution is 2.07. The fourth-order valence-electron chi connectivity index (χ4n) is 0.647. The summed E-state index contributed by atoms with van der Waals surface area (Å²) in [5.74, 6) is 0.902. The van der Waals surface area contributed by atoms with Crippen LogP contribution < -0.4 is 11.5 Å². The summed E-state index contributed by atoms with van der Waals surface area (Å²) < 4.78 is 0. The molecule has 0 aliphatic heterocycles. The Morgan fingerprint density at radius 2 is 2.40 bits per heavy atom. The second kappa shape index (κ2) is 2.66. The van der Waals surface area contributed by atoms with Crippen molar-refractivity contribution in [1.82, 2.24) is 15.2 Å². The molecule has 1 aromatic rings. The summed E-state index contributed by atoms with van der Waals surface area (Å²) in [5.41, 5.74) is 10.9. The minimum Gasteiger partial charge on any atom is -0.367 e. The van der Waals surface area contributed by atoms with Gasteiger partial charge in [-0.1, -0.05) is 6.92 Å². The zero-order valence-corrected chi connectivity index (χ0v) is 5.83. The van der Waals surface area contributed by atoms with Crippen molar-refractivity contribution in [3.05, 3.63) is 5.82 Å². The Morgan fingerprint density at radius 3 is 2.80 bits per heavy atom. The van der Waals surface area contributed by atoms with Gasteiger partial charge in [-0.25, -0.2) is 0 Å². The highest BCUT2D eigenvalue weighted by atomic mass is 15.3. The van der Waals surface area contributed by atoms with Crippen molar-refractivity contribution >= 4 is 5.95 Å². The maximum absolute atomic E-state index is 5.62. The van der Waals surface area contributed by atoms with E-state index in [2.05, 4.69) is 15.2 Å². The first kappa shape index (κ1) is 7.01. The fraction of sp³-hybridized carbons (Fsp3) is 0.600. The number of nitrogens with zero attached hydrogens (tertiary/aromatic N) is 2. The minimum atomic E-state index is -0.0789. The second-order valence-corrected chi connectivity index (χ2v) is 2.09. The summed E-state index contributed by atoms with van der Waals surface area (Å²) in [6, 6.07) is -0.0789. The number of aromatic amines is 1. The molecule has 0 aliphatic carbocycles. The number of aromatic nitrogens is 3. The molecule has 5 N–H and O–H groups in total. The van der Waals surface area contributed by atoms with Crippen molar-refractivity contribution in [2.75, 3.05) is 5.73 Å². The largest absolute Gasteiger partial charge is 0.367 e. The number of hydrogen-bond acceptors (Lipinski definition) is 4. The van der Waals surface area contributed by atoms with Crippen molar-refractivity contribution < 1.29 is 0 Å². The van der Waals surface area contributed by atoms with Gasteiger partial charge >= 0.3 is 0 Å². The lowest BCUT2D eigenvalue weighted by atomic mass is 10.2. The molecule has 1 aromatic heterocycles. The molecule has 0 spiro atoms. The standard InChI is InChI=1S/C5H11N5/c1-2-3(6)4-8-5(7)10-9-4/h3H,2,6H2,1H3,(H3,7,8,9,10)/t3-/m0/s1. The van der Waals surface area contributed by atoms with Gasteiger partial charge in [0.2, 0.25) is 5.95 Å². The molecule has 1 rings (SSSR count). The van der Waals surface area contributed by atoms with E-state index in [-0.39, 0.29) is 12.0 Å². The average molecular weight is 141 g/mol. The third kappa shape index (κ3) is 1.24. The van der Waals surface area contributed by atoms with E-state index in [0.29, 0.717) is 5.82 Å². The summed E-state index contributed by atoms with van der Waals surface area (Å²) in [5, 5.41) is 6.29. The van der Waals surface area contributed by atoms with Gasteiger partial charge in [0.15, 0.2) is 0 Å². The van der Waals surface area contributed by atoms with Crippen molar-refractivity contribution in [3.63, 3.8) is 0 Å². The Hall–Kier alpha value is -1.10. The Bertz CT molecular complexity index is 206. The van der Waals surface area contributed by atoms with Crippen molar-refractivity contribution in [3.8, 4) is 0 Å². The predicted octanol–water partition coefficient (Wildman–Crippen LogP) is -0.203. The Balaban J connectivity index is 2.74. The van der Waals surface area contributed by atoms with Crippen LogP contribution in [0, 0.1) is 0 Å². The van der Waals surface area contributed by atoms with Crippen molar-refractivity contribution in [1.29, 1.82) is 0 Å². The van der Waals surface area contributed by atoms with Gasteiger partial charge in [-0.2, -0.15) is 4.98 Å². The van der Waals surface area contributed by atoms with Gasteiger partial charge < -0.3 is 11.5 Å². The zero-order valence-electron chi connectivity index (χ0n) is 5.83. The topological polar surface area (TPSA) is 93.6 Å². The minimum absolute atomic E-state index is 0.0789. The molecule has 0 amide bonds. The molecular formula is C5H11N5. The van der Waals surface area contributed by atoms with Crippen LogP contribution in [0.2, 0.25) is 0 Å². The van der Waals surface area contributed by atoms with Crippen molar-refractivity contribution in [2.45, 2.75) is 19.4 Å². The monoisotopic (exact) mass is 141 g/mol. The maximum atomic E-state index is 5.62. The molecule has 56 valence electrons. The van der Waals surface area contributed by atoms with E-state index < -0.39 is 0 Å². The predicted molar refractivity (Wildman–Crippen MR) is 38.0 cm³/mol. The molecular weight excluding hydrogens is 130 g/mol. The van der Waals surface area contributed by atoms with Gasteiger partial charge in [-0.3, -0.25) is 5.10 Å². The van der Waals surface area contributed by atoms with Crippen LogP contribution in [0.3, 0.4) is 0 Å². The highest BCUT2D eigenvalue weighted by Gasteiger charge is 2.06. The first-order chi connectivity index (χ1) is 4.74. The maximum Gasteiger partial charge on any atom is 0.239 e. The summed E-state index contributed by atoms with van der Waals surface area (Å²) in [6.07, 6.45) is 0.828. The third-order valence-electron chi connectivity index (χ3n) is 1.31. The van der Waals surface area contributed by atoms with Gasteiger partial charge in [-0.15, -0.1) is 5.10 Å². The van der Waals surface area contributed by atoms with Crippen LogP contribution in [0.5, 0.6) is 0 Å². The van der Waals surface area contributed by atoms with Crippen molar-refractivity contribution in [2.24, 2.45) is 5.73 Å². The summed E-state index contributed by atoms with van der Waals surface area (Å²) in [7, 11) is 0. The van der Waals surface area contributed by atoms with Gasteiger partial charge in [0.1, 0.15) is 5.82 Å². The Kier molecular flexibility index (Phi) is 1.86. The van der Waals surface area contributed by atoms with E-state index in [1.807, 2.05) is 6.92 Å². The molecule has 10 heavy (non-hydrogen) atoms. The van der Waals surface area contributed by atoms with Gasteiger partial charge in [-0.05, 0) is 6.42 Å². The molecule has 0 fully saturated rings. The van der Waals surface area contributed by atoms with E-state index >= 15 is 0 Å². The van der Waals surface area contributed by atoms with Crippen LogP contribution in [-0.2, 0) is 0 Å². The molecule has 5 nitrogen and oxygen atoms in total. The van der Waals surface area contributed by atoms with E-state index in [0.717, 1.165) is 6.42 Å². The van der Waals surface area contributed by atoms with Crippen LogP contribution in [0.15, 0.2) is 0 Å². The number of nitrogens with two attached hydrogens (primary N) is 2. The third-order valence-corrected chi connectivity index (χ3v) is 1.31. The molecule has 0 radical (unpaired) electrons. The van der Waals surface area contributed by atoms with Crippen LogP contribution in [0.1, 0.15) is 25.2 Å². The van der Waals surface area contributed by atoms with Crippen LogP contribution >= 0.6 is 0 Å². The number of rotatable bonds is 2. The molecule has 5 heteroatoms. The molecule has 0 aromatic carbocycles. The van der Waals surface area contributed by atoms with Crippen LogP contribution in [-0.4, -0.2) is 15.2 Å². The highest BCUT2D eigenvalue weighted by molar-refractivity contribution is 5.13. The molecule has 0 saturated carbocycles. The number of nitrogen functional groups attached to an aromatic ring is 1. The van der Waals surface area contributed by atoms with E-state index in [4.69, 9.17) is 11.5 Å². The second-order valence-electron chi connectivity index (χ2n) is 2.09. The normalized spacial score (nSPS) is 13.4. The van der Waals surface area contributed by atoms with E-state index in [9.17, 15) is 0 Å². The van der Waals surface area contributed by atoms with Gasteiger partial charge in [0, 0.05) is 0 Å². The summed E-state index contributed by atoms with van der Waals surface area (Å²) >= 11 is 0. The number of anilines is 1. The summed E-state index contributed by atoms with van der Waals surface area (Å²) in [4.78, 5) is 3.87. The SMILES string of the molecule is CC[C@H](N)c1nc(N)n[nH]1. The van der Waals surface area contributed by atoms with Gasteiger partial charge in [0.25, 0.3) is 0 Å². The zero-order chi connectivity index (χ0) is 7.56. The Morgan fingerprint density at radius 1 is 1.70 bits per heavy atom. The number of H-pyrrole nitrogens is 1. The summed E-state index contributed by atoms with van der Waals surface area (Å²) in [6.45, 7) is 1.98. The van der Waals surface area contributed by atoms with Crippen LogP contribution in [0.4, 0.5) is 5.95 Å². The van der Waals surface area contributed by atoms with Crippen LogP contribution in [0.25, 0.3) is 0 Å². The molecule has 1 atom stereocenters. The fourth-order valence-corrected chi connectivity index (χ4v) is 0.647. The molecule has 1 heterocycles. The molecule has 0 bridgehead atoms.